The number of amides is 2. The molecule has 4 aromatic rings. The van der Waals surface area contributed by atoms with Gasteiger partial charge in [0.15, 0.2) is 0 Å². The molecule has 0 saturated carbocycles. The summed E-state index contributed by atoms with van der Waals surface area (Å²) in [5.74, 6) is 0.849. The quantitative estimate of drug-likeness (QED) is 0.260. The predicted octanol–water partition coefficient (Wildman–Crippen LogP) is 7.17. The van der Waals surface area contributed by atoms with E-state index < -0.39 is 0 Å². The summed E-state index contributed by atoms with van der Waals surface area (Å²) in [6, 6.07) is 22.5. The van der Waals surface area contributed by atoms with Gasteiger partial charge in [0.05, 0.1) is 23.4 Å². The Bertz CT molecular complexity index is 1390. The number of furan rings is 1. The lowest BCUT2D eigenvalue weighted by atomic mass is 10.2. The summed E-state index contributed by atoms with van der Waals surface area (Å²) < 4.78 is 11.1. The lowest BCUT2D eigenvalue weighted by Gasteiger charge is -2.12. The molecule has 4 rings (SSSR count). The third-order valence-electron chi connectivity index (χ3n) is 4.99. The number of benzene rings is 3. The second-order valence-corrected chi connectivity index (χ2v) is 8.22. The highest BCUT2D eigenvalue weighted by atomic mass is 35.5. The summed E-state index contributed by atoms with van der Waals surface area (Å²) in [6.45, 7) is 0. The van der Waals surface area contributed by atoms with Crippen LogP contribution in [0.4, 0.5) is 11.4 Å². The maximum absolute atomic E-state index is 12.5. The molecule has 0 fully saturated rings. The number of halogens is 2. The Hall–Kier alpha value is -4.00. The zero-order valence-electron chi connectivity index (χ0n) is 18.5. The molecule has 6 nitrogen and oxygen atoms in total. The van der Waals surface area contributed by atoms with Gasteiger partial charge in [-0.15, -0.1) is 0 Å². The zero-order chi connectivity index (χ0) is 24.8. The van der Waals surface area contributed by atoms with E-state index in [1.54, 1.807) is 66.7 Å². The van der Waals surface area contributed by atoms with E-state index in [0.29, 0.717) is 44.3 Å². The number of methoxy groups -OCH3 is 1. The van der Waals surface area contributed by atoms with Crippen LogP contribution in [0.5, 0.6) is 5.75 Å². The molecule has 0 unspecified atom stereocenters. The van der Waals surface area contributed by atoms with Crippen LogP contribution in [0.3, 0.4) is 0 Å². The maximum atomic E-state index is 12.5. The van der Waals surface area contributed by atoms with Gasteiger partial charge in [0.2, 0.25) is 5.91 Å². The zero-order valence-corrected chi connectivity index (χ0v) is 20.1. The van der Waals surface area contributed by atoms with Gasteiger partial charge in [-0.25, -0.2) is 0 Å². The monoisotopic (exact) mass is 506 g/mol. The summed E-state index contributed by atoms with van der Waals surface area (Å²) in [5, 5.41) is 6.51. The van der Waals surface area contributed by atoms with Crippen molar-refractivity contribution in [2.45, 2.75) is 0 Å². The van der Waals surface area contributed by atoms with E-state index in [-0.39, 0.29) is 11.8 Å². The van der Waals surface area contributed by atoms with Gasteiger partial charge < -0.3 is 19.8 Å². The van der Waals surface area contributed by atoms with Crippen LogP contribution in [-0.2, 0) is 4.79 Å². The Balaban J connectivity index is 1.40. The van der Waals surface area contributed by atoms with Crippen molar-refractivity contribution < 1.29 is 18.7 Å². The molecule has 1 heterocycles. The number of nitrogens with one attached hydrogen (secondary N) is 2. The van der Waals surface area contributed by atoms with Crippen molar-refractivity contribution in [1.82, 2.24) is 0 Å². The molecule has 0 atom stereocenters. The van der Waals surface area contributed by atoms with Crippen molar-refractivity contribution in [3.8, 4) is 17.1 Å². The van der Waals surface area contributed by atoms with Crippen LogP contribution in [0.25, 0.3) is 17.4 Å². The molecular weight excluding hydrogens is 487 g/mol. The SMILES string of the molecule is COc1cc(NC(=O)C=Cc2ccc(-c3ccc(Cl)cc3)o2)ccc1NC(=O)c1ccccc1Cl. The van der Waals surface area contributed by atoms with Crippen molar-refractivity contribution in [1.29, 1.82) is 0 Å². The molecule has 0 aliphatic rings. The summed E-state index contributed by atoms with van der Waals surface area (Å²) in [7, 11) is 1.47. The third-order valence-corrected chi connectivity index (χ3v) is 5.57. The molecular formula is C27H20Cl2N2O4. The number of rotatable bonds is 7. The van der Waals surface area contributed by atoms with E-state index in [1.165, 1.54) is 13.2 Å². The van der Waals surface area contributed by atoms with Gasteiger partial charge in [-0.1, -0.05) is 35.3 Å². The van der Waals surface area contributed by atoms with E-state index >= 15 is 0 Å². The Morgan fingerprint density at radius 1 is 0.914 bits per heavy atom. The Morgan fingerprint density at radius 2 is 1.69 bits per heavy atom. The lowest BCUT2D eigenvalue weighted by molar-refractivity contribution is -0.111. The summed E-state index contributed by atoms with van der Waals surface area (Å²) in [5.41, 5.74) is 2.16. The predicted molar refractivity (Wildman–Crippen MR) is 139 cm³/mol. The Morgan fingerprint density at radius 3 is 2.43 bits per heavy atom. The summed E-state index contributed by atoms with van der Waals surface area (Å²) in [6.07, 6.45) is 2.94. The van der Waals surface area contributed by atoms with Crippen LogP contribution in [-0.4, -0.2) is 18.9 Å². The summed E-state index contributed by atoms with van der Waals surface area (Å²) >= 11 is 12.0. The van der Waals surface area contributed by atoms with Crippen molar-refractivity contribution in [3.05, 3.63) is 106 Å². The number of hydrogen-bond donors (Lipinski definition) is 2. The third kappa shape index (κ3) is 6.12. The maximum Gasteiger partial charge on any atom is 0.257 e. The minimum Gasteiger partial charge on any atom is -0.494 e. The molecule has 2 N–H and O–H groups in total. The molecule has 0 radical (unpaired) electrons. The van der Waals surface area contributed by atoms with Gasteiger partial charge in [-0.2, -0.15) is 0 Å². The first-order valence-corrected chi connectivity index (χ1v) is 11.3. The van der Waals surface area contributed by atoms with Gasteiger partial charge in [-0.05, 0) is 66.7 Å². The van der Waals surface area contributed by atoms with Gasteiger partial charge in [0.25, 0.3) is 5.91 Å². The highest BCUT2D eigenvalue weighted by Gasteiger charge is 2.13. The van der Waals surface area contributed by atoms with Crippen LogP contribution in [0.1, 0.15) is 16.1 Å². The second kappa shape index (κ2) is 11.0. The molecule has 0 aliphatic heterocycles. The fraction of sp³-hybridized carbons (Fsp3) is 0.0370. The van der Waals surface area contributed by atoms with E-state index in [0.717, 1.165) is 5.56 Å². The summed E-state index contributed by atoms with van der Waals surface area (Å²) in [4.78, 5) is 25.0. The molecule has 2 amide bonds. The number of carbonyl (C=O) groups excluding carboxylic acids is 2. The topological polar surface area (TPSA) is 80.6 Å². The van der Waals surface area contributed by atoms with Crippen LogP contribution in [0.15, 0.2) is 89.4 Å². The van der Waals surface area contributed by atoms with Gasteiger partial charge in [0, 0.05) is 28.4 Å². The highest BCUT2D eigenvalue weighted by molar-refractivity contribution is 6.34. The molecule has 176 valence electrons. The minimum atomic E-state index is -0.370. The molecule has 3 aromatic carbocycles. The standard InChI is InChI=1S/C27H20Cl2N2O4/c1-34-25-16-19(10-13-23(25)31-27(33)21-4-2-3-5-22(21)29)30-26(32)15-12-20-11-14-24(35-20)17-6-8-18(28)9-7-17/h2-16H,1H3,(H,30,32)(H,31,33). The normalized spacial score (nSPS) is 10.8. The molecule has 0 spiro atoms. The molecule has 1 aromatic heterocycles. The van der Waals surface area contributed by atoms with Crippen LogP contribution in [0, 0.1) is 0 Å². The van der Waals surface area contributed by atoms with Crippen molar-refractivity contribution in [2.75, 3.05) is 17.7 Å². The Labute approximate surface area is 212 Å². The van der Waals surface area contributed by atoms with E-state index in [1.807, 2.05) is 18.2 Å². The van der Waals surface area contributed by atoms with Gasteiger partial charge in [-0.3, -0.25) is 9.59 Å². The van der Waals surface area contributed by atoms with Gasteiger partial charge in [0.1, 0.15) is 17.3 Å². The van der Waals surface area contributed by atoms with Crippen LogP contribution in [0.2, 0.25) is 10.0 Å². The number of carbonyl (C=O) groups is 2. The largest absolute Gasteiger partial charge is 0.494 e. The van der Waals surface area contributed by atoms with Crippen molar-refractivity contribution in [3.63, 3.8) is 0 Å². The molecule has 0 saturated heterocycles. The molecule has 0 aliphatic carbocycles. The number of hydrogen-bond acceptors (Lipinski definition) is 4. The average molecular weight is 507 g/mol. The molecule has 8 heteroatoms. The average Bonchev–Trinajstić information content (AvgIpc) is 3.33. The fourth-order valence-electron chi connectivity index (χ4n) is 3.26. The second-order valence-electron chi connectivity index (χ2n) is 7.38. The number of anilines is 2. The first kappa shape index (κ1) is 24.1. The molecule has 0 bridgehead atoms. The first-order chi connectivity index (χ1) is 16.9. The van der Waals surface area contributed by atoms with Crippen molar-refractivity contribution >= 4 is 52.5 Å². The number of ether oxygens (including phenoxy) is 1. The smallest absolute Gasteiger partial charge is 0.257 e. The van der Waals surface area contributed by atoms with Crippen LogP contribution < -0.4 is 15.4 Å². The first-order valence-electron chi connectivity index (χ1n) is 10.5. The van der Waals surface area contributed by atoms with Gasteiger partial charge >= 0.3 is 0 Å². The van der Waals surface area contributed by atoms with Crippen molar-refractivity contribution in [2.24, 2.45) is 0 Å². The lowest BCUT2D eigenvalue weighted by Crippen LogP contribution is -2.13. The van der Waals surface area contributed by atoms with Crippen LogP contribution >= 0.6 is 23.2 Å². The Kier molecular flexibility index (Phi) is 7.55. The molecule has 35 heavy (non-hydrogen) atoms. The van der Waals surface area contributed by atoms with E-state index in [4.69, 9.17) is 32.4 Å². The fourth-order valence-corrected chi connectivity index (χ4v) is 3.61. The minimum absolute atomic E-state index is 0.343. The highest BCUT2D eigenvalue weighted by Crippen LogP contribution is 2.29. The van der Waals surface area contributed by atoms with E-state index in [9.17, 15) is 9.59 Å². The van der Waals surface area contributed by atoms with E-state index in [2.05, 4.69) is 10.6 Å².